The third kappa shape index (κ3) is 5.87. The Morgan fingerprint density at radius 2 is 1.85 bits per heavy atom. The molecule has 16 nitrogen and oxygen atoms in total. The number of ether oxygens (including phenoxy) is 1. The van der Waals surface area contributed by atoms with Crippen molar-refractivity contribution in [2.24, 2.45) is 11.8 Å². The van der Waals surface area contributed by atoms with Crippen LogP contribution in [-0.4, -0.2) is 77.7 Å². The smallest absolute Gasteiger partial charge is 0.386 e. The first-order valence-electron chi connectivity index (χ1n) is 12.3. The van der Waals surface area contributed by atoms with Crippen molar-refractivity contribution in [2.45, 2.75) is 49.7 Å². The number of aliphatic hydroxyl groups is 1. The standard InChI is InChI=1S/C20H25N7O9P2S2/c28-17-11-4-13(27-19-16(25-26-27)20(29)24-9-23-19)18(17)36-38(31,40)32-6-10-3-12(34-15-1-2-21-8-22-15)5-14(10)35-37(30,39)33-7-11/h1-2,8-14,17-18,28H,3-7H2,(H,30,39)(H,31,40)(H,23,24,29)/t10-,11?,12-,13-,14+,17-,18+,37+,38+/m1/s1. The lowest BCUT2D eigenvalue weighted by Gasteiger charge is -2.26. The maximum absolute atomic E-state index is 13.4. The van der Waals surface area contributed by atoms with E-state index in [-0.39, 0.29) is 36.9 Å². The first kappa shape index (κ1) is 28.2. The summed E-state index contributed by atoms with van der Waals surface area (Å²) in [7, 11) is 0. The highest BCUT2D eigenvalue weighted by Gasteiger charge is 2.50. The van der Waals surface area contributed by atoms with Gasteiger partial charge in [-0.15, -0.1) is 5.10 Å². The van der Waals surface area contributed by atoms with Crippen LogP contribution in [0.5, 0.6) is 5.88 Å². The molecule has 40 heavy (non-hydrogen) atoms. The van der Waals surface area contributed by atoms with Crippen LogP contribution in [0.1, 0.15) is 25.3 Å². The predicted octanol–water partition coefficient (Wildman–Crippen LogP) is 1.98. The van der Waals surface area contributed by atoms with Crippen molar-refractivity contribution in [3.8, 4) is 5.88 Å². The zero-order chi connectivity index (χ0) is 28.1. The van der Waals surface area contributed by atoms with E-state index in [0.29, 0.717) is 18.7 Å². The summed E-state index contributed by atoms with van der Waals surface area (Å²) in [6, 6.07) is 0.815. The van der Waals surface area contributed by atoms with E-state index in [4.69, 9.17) is 22.8 Å². The van der Waals surface area contributed by atoms with Gasteiger partial charge >= 0.3 is 13.6 Å². The molecule has 3 aliphatic rings. The van der Waals surface area contributed by atoms with E-state index in [1.807, 2.05) is 0 Å². The molecule has 20 heteroatoms. The normalized spacial score (nSPS) is 38.7. The van der Waals surface area contributed by atoms with Gasteiger partial charge in [-0.05, 0) is 12.8 Å². The molecular weight excluding hydrogens is 608 g/mol. The topological polar surface area (TPSA) is 203 Å². The Balaban J connectivity index is 1.27. The van der Waals surface area contributed by atoms with Crippen LogP contribution in [0.2, 0.25) is 0 Å². The minimum atomic E-state index is -4.07. The van der Waals surface area contributed by atoms with Gasteiger partial charge in [-0.3, -0.25) is 13.8 Å². The highest BCUT2D eigenvalue weighted by molar-refractivity contribution is 8.44. The zero-order valence-corrected chi connectivity index (χ0v) is 24.1. The van der Waals surface area contributed by atoms with Crippen molar-refractivity contribution >= 4 is 49.3 Å². The zero-order valence-electron chi connectivity index (χ0n) is 20.6. The van der Waals surface area contributed by atoms with Crippen molar-refractivity contribution in [2.75, 3.05) is 13.2 Å². The van der Waals surface area contributed by atoms with Crippen molar-refractivity contribution in [1.82, 2.24) is 34.9 Å². The minimum Gasteiger partial charge on any atom is -0.474 e. The van der Waals surface area contributed by atoms with Crippen LogP contribution < -0.4 is 10.3 Å². The molecule has 9 atom stereocenters. The van der Waals surface area contributed by atoms with Gasteiger partial charge in [0.2, 0.25) is 5.88 Å². The molecule has 4 heterocycles. The van der Waals surface area contributed by atoms with E-state index in [1.165, 1.54) is 17.3 Å². The maximum Gasteiger partial charge on any atom is 0.386 e. The monoisotopic (exact) mass is 633 g/mol. The molecule has 3 aromatic rings. The van der Waals surface area contributed by atoms with Gasteiger partial charge in [0.15, 0.2) is 11.2 Å². The van der Waals surface area contributed by atoms with Crippen molar-refractivity contribution < 1.29 is 37.1 Å². The number of nitrogens with one attached hydrogen (secondary N) is 1. The molecule has 2 bridgehead atoms. The van der Waals surface area contributed by atoms with E-state index in [2.05, 4.69) is 54.7 Å². The van der Waals surface area contributed by atoms with Crippen LogP contribution in [0.4, 0.5) is 0 Å². The fourth-order valence-electron chi connectivity index (χ4n) is 5.34. The van der Waals surface area contributed by atoms with Crippen molar-refractivity contribution in [3.63, 3.8) is 0 Å². The van der Waals surface area contributed by atoms with Crippen molar-refractivity contribution in [1.29, 1.82) is 0 Å². The molecule has 2 saturated carbocycles. The first-order chi connectivity index (χ1) is 19.1. The first-order valence-corrected chi connectivity index (χ1v) is 17.7. The number of aromatic amines is 1. The molecule has 0 spiro atoms. The molecule has 3 fully saturated rings. The lowest BCUT2D eigenvalue weighted by atomic mass is 10.1. The van der Waals surface area contributed by atoms with Crippen LogP contribution in [0.15, 0.2) is 29.7 Å². The van der Waals surface area contributed by atoms with E-state index in [0.717, 1.165) is 0 Å². The number of thiol groups is 2. The summed E-state index contributed by atoms with van der Waals surface area (Å²) in [6.45, 7) is -8.37. The van der Waals surface area contributed by atoms with Gasteiger partial charge in [0.1, 0.15) is 18.5 Å². The largest absolute Gasteiger partial charge is 0.474 e. The molecular formula is C20H25N7O9P2S2. The molecule has 1 unspecified atom stereocenters. The maximum atomic E-state index is 13.4. The predicted molar refractivity (Wildman–Crippen MR) is 143 cm³/mol. The molecule has 2 N–H and O–H groups in total. The second kappa shape index (κ2) is 11.1. The van der Waals surface area contributed by atoms with Gasteiger partial charge < -0.3 is 23.9 Å². The number of aromatic nitrogens is 7. The van der Waals surface area contributed by atoms with Crippen LogP contribution >= 0.6 is 38.1 Å². The molecule has 1 saturated heterocycles. The molecule has 1 aliphatic heterocycles. The number of hydrogen-bond acceptors (Lipinski definition) is 14. The lowest BCUT2D eigenvalue weighted by Crippen LogP contribution is -2.33. The van der Waals surface area contributed by atoms with Crippen LogP contribution in [0.25, 0.3) is 11.2 Å². The highest BCUT2D eigenvalue weighted by atomic mass is 32.7. The van der Waals surface area contributed by atoms with E-state index in [1.54, 1.807) is 12.3 Å². The fourth-order valence-corrected chi connectivity index (χ4v) is 8.48. The molecule has 2 aliphatic carbocycles. The Morgan fingerprint density at radius 3 is 2.62 bits per heavy atom. The number of aliphatic hydroxyl groups excluding tert-OH is 1. The molecule has 216 valence electrons. The average Bonchev–Trinajstić information content (AvgIpc) is 3.58. The summed E-state index contributed by atoms with van der Waals surface area (Å²) in [5, 5.41) is 19.1. The SMILES string of the molecule is O=c1[nH]cnc2c1nnn2[C@@H]1CC2CO[P@](=O)(S)O[C@H]3C[C@H](Oc4ccncn4)C[C@@H]3CO[P@](=O)(S)O[C@@H]1[C@@H]2O. The number of nitrogens with zero attached hydrogens (tertiary/aromatic N) is 6. The quantitative estimate of drug-likeness (QED) is 0.241. The van der Waals surface area contributed by atoms with E-state index < -0.39 is 55.3 Å². The molecule has 0 radical (unpaired) electrons. The van der Waals surface area contributed by atoms with Gasteiger partial charge in [0, 0.05) is 30.5 Å². The third-order valence-electron chi connectivity index (χ3n) is 7.18. The number of fused-ring (bicyclic) bond motifs is 4. The van der Waals surface area contributed by atoms with E-state index in [9.17, 15) is 19.0 Å². The fraction of sp³-hybridized carbons (Fsp3) is 0.600. The Labute approximate surface area is 236 Å². The van der Waals surface area contributed by atoms with Gasteiger partial charge in [0.05, 0.1) is 37.8 Å². The van der Waals surface area contributed by atoms with Crippen LogP contribution in [0.3, 0.4) is 0 Å². The Hall–Kier alpha value is -1.88. The second-order valence-electron chi connectivity index (χ2n) is 9.75. The van der Waals surface area contributed by atoms with Gasteiger partial charge in [-0.2, -0.15) is 0 Å². The summed E-state index contributed by atoms with van der Waals surface area (Å²) in [5.74, 6) is -0.756. The Bertz CT molecular complexity index is 1530. The summed E-state index contributed by atoms with van der Waals surface area (Å²) in [4.78, 5) is 26.6. The van der Waals surface area contributed by atoms with Gasteiger partial charge in [0.25, 0.3) is 5.56 Å². The van der Waals surface area contributed by atoms with Gasteiger partial charge in [-0.1, -0.05) is 29.7 Å². The summed E-state index contributed by atoms with van der Waals surface area (Å²) < 4.78 is 56.8. The summed E-state index contributed by atoms with van der Waals surface area (Å²) in [6.07, 6.45) is 1.45. The van der Waals surface area contributed by atoms with Crippen LogP contribution in [-0.2, 0) is 27.2 Å². The number of H-pyrrole nitrogens is 1. The summed E-state index contributed by atoms with van der Waals surface area (Å²) in [5.41, 5.74) is -0.382. The van der Waals surface area contributed by atoms with Gasteiger partial charge in [-0.25, -0.2) is 28.8 Å². The van der Waals surface area contributed by atoms with Crippen LogP contribution in [0, 0.1) is 11.8 Å². The second-order valence-corrected chi connectivity index (χ2v) is 15.5. The Morgan fingerprint density at radius 1 is 1.07 bits per heavy atom. The molecule has 6 rings (SSSR count). The molecule has 3 aromatic heterocycles. The molecule has 0 amide bonds. The average molecular weight is 634 g/mol. The third-order valence-corrected chi connectivity index (χ3v) is 10.4. The number of rotatable bonds is 3. The van der Waals surface area contributed by atoms with Crippen molar-refractivity contribution in [3.05, 3.63) is 35.3 Å². The Kier molecular flexibility index (Phi) is 7.82. The number of hydrogen-bond donors (Lipinski definition) is 4. The van der Waals surface area contributed by atoms with E-state index >= 15 is 0 Å². The summed E-state index contributed by atoms with van der Waals surface area (Å²) >= 11 is 8.33. The lowest BCUT2D eigenvalue weighted by molar-refractivity contribution is 0.00533. The molecule has 0 aromatic carbocycles. The highest BCUT2D eigenvalue weighted by Crippen LogP contribution is 2.61. The minimum absolute atomic E-state index is 0.0191.